The molecule has 2 nitrogen and oxygen atoms in total. The van der Waals surface area contributed by atoms with Gasteiger partial charge in [-0.3, -0.25) is 4.79 Å². The molecular formula is C11H21NO. The van der Waals surface area contributed by atoms with E-state index in [0.29, 0.717) is 5.70 Å². The predicted molar refractivity (Wildman–Crippen MR) is 56.3 cm³/mol. The van der Waals surface area contributed by atoms with Crippen molar-refractivity contribution in [2.24, 2.45) is 5.73 Å². The van der Waals surface area contributed by atoms with E-state index in [0.717, 1.165) is 19.1 Å². The molecule has 0 rings (SSSR count). The van der Waals surface area contributed by atoms with Gasteiger partial charge >= 0.3 is 0 Å². The molecule has 0 heterocycles. The van der Waals surface area contributed by atoms with Gasteiger partial charge in [-0.2, -0.15) is 0 Å². The maximum absolute atomic E-state index is 10.0. The highest BCUT2D eigenvalue weighted by Crippen LogP contribution is 2.08. The molecule has 0 amide bonds. The van der Waals surface area contributed by atoms with Gasteiger partial charge in [0.2, 0.25) is 0 Å². The highest BCUT2D eigenvalue weighted by Gasteiger charge is 1.92. The highest BCUT2D eigenvalue weighted by atomic mass is 16.1. The van der Waals surface area contributed by atoms with Crippen molar-refractivity contribution in [1.29, 1.82) is 0 Å². The molecule has 0 bridgehead atoms. The molecule has 13 heavy (non-hydrogen) atoms. The molecule has 0 atom stereocenters. The van der Waals surface area contributed by atoms with E-state index in [1.165, 1.54) is 38.2 Å². The number of hydrogen-bond acceptors (Lipinski definition) is 2. The topological polar surface area (TPSA) is 43.1 Å². The van der Waals surface area contributed by atoms with E-state index in [9.17, 15) is 4.79 Å². The van der Waals surface area contributed by atoms with Crippen LogP contribution in [0.2, 0.25) is 0 Å². The second kappa shape index (κ2) is 9.30. The van der Waals surface area contributed by atoms with Gasteiger partial charge in [0.15, 0.2) is 0 Å². The Morgan fingerprint density at radius 3 is 2.38 bits per heavy atom. The number of hydrogen-bond donors (Lipinski definition) is 1. The molecule has 76 valence electrons. The molecule has 0 aromatic carbocycles. The van der Waals surface area contributed by atoms with Crippen LogP contribution in [0.25, 0.3) is 0 Å². The normalized spacial score (nSPS) is 11.6. The molecule has 0 aliphatic carbocycles. The lowest BCUT2D eigenvalue weighted by molar-refractivity contribution is -0.104. The van der Waals surface area contributed by atoms with Crippen LogP contribution in [-0.2, 0) is 4.79 Å². The third-order valence-corrected chi connectivity index (χ3v) is 2.10. The van der Waals surface area contributed by atoms with E-state index in [1.54, 1.807) is 0 Å². The van der Waals surface area contributed by atoms with Crippen LogP contribution in [0.4, 0.5) is 0 Å². The van der Waals surface area contributed by atoms with E-state index in [-0.39, 0.29) is 0 Å². The number of rotatable bonds is 8. The minimum Gasteiger partial charge on any atom is -0.402 e. The number of aldehydes is 1. The number of unbranched alkanes of at least 4 members (excludes halogenated alkanes) is 5. The zero-order valence-electron chi connectivity index (χ0n) is 8.59. The smallest absolute Gasteiger partial charge is 0.144 e. The Kier molecular flexibility index (Phi) is 8.73. The van der Waals surface area contributed by atoms with Crippen molar-refractivity contribution in [2.75, 3.05) is 0 Å². The SMILES string of the molecule is CCCCCCCCC(N)=CC=O. The molecule has 0 radical (unpaired) electrons. The van der Waals surface area contributed by atoms with E-state index >= 15 is 0 Å². The molecule has 0 aliphatic heterocycles. The first-order valence-electron chi connectivity index (χ1n) is 5.21. The van der Waals surface area contributed by atoms with Crippen LogP contribution >= 0.6 is 0 Å². The lowest BCUT2D eigenvalue weighted by Crippen LogP contribution is -1.97. The van der Waals surface area contributed by atoms with Gasteiger partial charge in [0, 0.05) is 5.70 Å². The van der Waals surface area contributed by atoms with Crippen molar-refractivity contribution in [3.63, 3.8) is 0 Å². The summed E-state index contributed by atoms with van der Waals surface area (Å²) in [5.74, 6) is 0. The fourth-order valence-electron chi connectivity index (χ4n) is 1.28. The molecule has 0 aromatic heterocycles. The Bertz CT molecular complexity index is 152. The maximum atomic E-state index is 10.0. The van der Waals surface area contributed by atoms with Crippen molar-refractivity contribution in [2.45, 2.75) is 51.9 Å². The third-order valence-electron chi connectivity index (χ3n) is 2.10. The average Bonchev–Trinajstić information content (AvgIpc) is 2.11. The van der Waals surface area contributed by atoms with Gasteiger partial charge in [0.25, 0.3) is 0 Å². The summed E-state index contributed by atoms with van der Waals surface area (Å²) in [5, 5.41) is 0. The van der Waals surface area contributed by atoms with Crippen molar-refractivity contribution in [3.8, 4) is 0 Å². The zero-order valence-corrected chi connectivity index (χ0v) is 8.59. The summed E-state index contributed by atoms with van der Waals surface area (Å²) >= 11 is 0. The molecule has 0 spiro atoms. The van der Waals surface area contributed by atoms with Gasteiger partial charge in [-0.05, 0) is 18.9 Å². The summed E-state index contributed by atoms with van der Waals surface area (Å²) in [6.45, 7) is 2.21. The molecule has 2 heteroatoms. The van der Waals surface area contributed by atoms with E-state index in [1.807, 2.05) is 0 Å². The van der Waals surface area contributed by atoms with Crippen LogP contribution in [0.5, 0.6) is 0 Å². The van der Waals surface area contributed by atoms with Gasteiger partial charge in [-0.1, -0.05) is 39.0 Å². The van der Waals surface area contributed by atoms with Crippen molar-refractivity contribution in [3.05, 3.63) is 11.8 Å². The van der Waals surface area contributed by atoms with Gasteiger partial charge in [-0.15, -0.1) is 0 Å². The second-order valence-electron chi connectivity index (χ2n) is 3.40. The van der Waals surface area contributed by atoms with Gasteiger partial charge in [0.1, 0.15) is 6.29 Å². The fourth-order valence-corrected chi connectivity index (χ4v) is 1.28. The summed E-state index contributed by atoms with van der Waals surface area (Å²) in [6, 6.07) is 0. The summed E-state index contributed by atoms with van der Waals surface area (Å²) in [7, 11) is 0. The standard InChI is InChI=1S/C11H21NO/c1-2-3-4-5-6-7-8-11(12)9-10-13/h9-10H,2-8,12H2,1H3. The third kappa shape index (κ3) is 9.12. The van der Waals surface area contributed by atoms with E-state index in [2.05, 4.69) is 6.92 Å². The minimum absolute atomic E-state index is 0.713. The predicted octanol–water partition coefficient (Wildman–Crippen LogP) is 2.78. The molecule has 0 aromatic rings. The van der Waals surface area contributed by atoms with Crippen molar-refractivity contribution < 1.29 is 4.79 Å². The van der Waals surface area contributed by atoms with Crippen LogP contribution in [0.15, 0.2) is 11.8 Å². The molecular weight excluding hydrogens is 162 g/mol. The summed E-state index contributed by atoms with van der Waals surface area (Å²) < 4.78 is 0. The minimum atomic E-state index is 0.713. The van der Waals surface area contributed by atoms with Crippen molar-refractivity contribution in [1.82, 2.24) is 0 Å². The molecule has 0 saturated heterocycles. The Morgan fingerprint density at radius 2 is 1.77 bits per heavy atom. The number of carbonyl (C=O) groups excluding carboxylic acids is 1. The number of nitrogens with two attached hydrogens (primary N) is 1. The zero-order chi connectivity index (χ0) is 9.94. The van der Waals surface area contributed by atoms with E-state index in [4.69, 9.17) is 5.73 Å². The Balaban J connectivity index is 3.16. The van der Waals surface area contributed by atoms with Crippen LogP contribution in [-0.4, -0.2) is 6.29 Å². The van der Waals surface area contributed by atoms with Crippen molar-refractivity contribution >= 4 is 6.29 Å². The average molecular weight is 183 g/mol. The quantitative estimate of drug-likeness (QED) is 0.357. The van der Waals surface area contributed by atoms with Gasteiger partial charge in [0.05, 0.1) is 0 Å². The molecule has 0 fully saturated rings. The largest absolute Gasteiger partial charge is 0.402 e. The van der Waals surface area contributed by atoms with Crippen LogP contribution in [0, 0.1) is 0 Å². The maximum Gasteiger partial charge on any atom is 0.144 e. The van der Waals surface area contributed by atoms with Crippen LogP contribution in [0.3, 0.4) is 0 Å². The monoisotopic (exact) mass is 183 g/mol. The van der Waals surface area contributed by atoms with Gasteiger partial charge < -0.3 is 5.73 Å². The summed E-state index contributed by atoms with van der Waals surface area (Å²) in [5.41, 5.74) is 6.27. The van der Waals surface area contributed by atoms with Crippen LogP contribution in [0.1, 0.15) is 51.9 Å². The first-order chi connectivity index (χ1) is 6.31. The summed E-state index contributed by atoms with van der Waals surface area (Å²) in [4.78, 5) is 10.0. The lowest BCUT2D eigenvalue weighted by atomic mass is 10.1. The lowest BCUT2D eigenvalue weighted by Gasteiger charge is -2.00. The first kappa shape index (κ1) is 12.2. The molecule has 0 aliphatic rings. The Labute approximate surface area is 81.2 Å². The molecule has 0 unspecified atom stereocenters. The molecule has 0 saturated carbocycles. The van der Waals surface area contributed by atoms with Gasteiger partial charge in [-0.25, -0.2) is 0 Å². The van der Waals surface area contributed by atoms with Crippen LogP contribution < -0.4 is 5.73 Å². The summed E-state index contributed by atoms with van der Waals surface area (Å²) in [6.07, 6.45) is 10.7. The number of carbonyl (C=O) groups is 1. The number of allylic oxidation sites excluding steroid dienone is 2. The fraction of sp³-hybridized carbons (Fsp3) is 0.727. The Hall–Kier alpha value is -0.790. The Morgan fingerprint density at radius 1 is 1.15 bits per heavy atom. The molecule has 2 N–H and O–H groups in total. The highest BCUT2D eigenvalue weighted by molar-refractivity contribution is 5.65. The van der Waals surface area contributed by atoms with E-state index < -0.39 is 0 Å². The first-order valence-corrected chi connectivity index (χ1v) is 5.21. The second-order valence-corrected chi connectivity index (χ2v) is 3.40.